The lowest BCUT2D eigenvalue weighted by atomic mass is 10.0. The fraction of sp³-hybridized carbons (Fsp3) is 0.600. The average Bonchev–Trinajstić information content (AvgIpc) is 2.72. The molecule has 21 heavy (non-hydrogen) atoms. The highest BCUT2D eigenvalue weighted by Gasteiger charge is 2.43. The molecule has 0 aliphatic carbocycles. The largest absolute Gasteiger partial charge is 0.586 e. The fourth-order valence-electron chi connectivity index (χ4n) is 2.83. The number of likely N-dealkylation sites (tertiary alicyclic amines) is 1. The average molecular weight is 298 g/mol. The summed E-state index contributed by atoms with van der Waals surface area (Å²) in [4.78, 5) is 2.44. The zero-order chi connectivity index (χ0) is 15.0. The van der Waals surface area contributed by atoms with Crippen LogP contribution in [-0.4, -0.2) is 36.4 Å². The third-order valence-corrected chi connectivity index (χ3v) is 4.03. The van der Waals surface area contributed by atoms with E-state index in [0.29, 0.717) is 12.1 Å². The number of benzene rings is 1. The SMILES string of the molecule is CC(C)N1CCC(Nc2ccc3c(c2)OC(F)(F)O3)CC1. The summed E-state index contributed by atoms with van der Waals surface area (Å²) in [5.41, 5.74) is 0.790. The highest BCUT2D eigenvalue weighted by molar-refractivity contribution is 5.56. The van der Waals surface area contributed by atoms with Crippen LogP contribution in [0.2, 0.25) is 0 Å². The van der Waals surface area contributed by atoms with E-state index in [9.17, 15) is 8.78 Å². The maximum absolute atomic E-state index is 13.0. The van der Waals surface area contributed by atoms with E-state index in [0.717, 1.165) is 31.6 Å². The van der Waals surface area contributed by atoms with Gasteiger partial charge in [0, 0.05) is 36.9 Å². The molecule has 0 radical (unpaired) electrons. The number of hydrogen-bond donors (Lipinski definition) is 1. The molecule has 0 aromatic heterocycles. The van der Waals surface area contributed by atoms with Crippen LogP contribution in [0.1, 0.15) is 26.7 Å². The highest BCUT2D eigenvalue weighted by Crippen LogP contribution is 2.42. The van der Waals surface area contributed by atoms with Crippen LogP contribution in [0.25, 0.3) is 0 Å². The topological polar surface area (TPSA) is 33.7 Å². The summed E-state index contributed by atoms with van der Waals surface area (Å²) in [6.45, 7) is 6.51. The number of alkyl halides is 2. The lowest BCUT2D eigenvalue weighted by Gasteiger charge is -2.35. The summed E-state index contributed by atoms with van der Waals surface area (Å²) in [6.07, 6.45) is -1.46. The van der Waals surface area contributed by atoms with Gasteiger partial charge in [-0.15, -0.1) is 8.78 Å². The summed E-state index contributed by atoms with van der Waals surface area (Å²) in [6, 6.07) is 5.77. The number of rotatable bonds is 3. The van der Waals surface area contributed by atoms with Gasteiger partial charge in [-0.05, 0) is 38.8 Å². The van der Waals surface area contributed by atoms with Crippen molar-refractivity contribution in [1.82, 2.24) is 4.90 Å². The molecule has 4 nitrogen and oxygen atoms in total. The van der Waals surface area contributed by atoms with Gasteiger partial charge in [0.25, 0.3) is 0 Å². The Bertz CT molecular complexity index is 514. The van der Waals surface area contributed by atoms with E-state index in [-0.39, 0.29) is 11.5 Å². The van der Waals surface area contributed by atoms with Crippen LogP contribution in [0.5, 0.6) is 11.5 Å². The van der Waals surface area contributed by atoms with Crippen molar-refractivity contribution in [2.75, 3.05) is 18.4 Å². The molecule has 0 spiro atoms. The predicted molar refractivity (Wildman–Crippen MR) is 76.0 cm³/mol. The van der Waals surface area contributed by atoms with Crippen molar-refractivity contribution in [2.45, 2.75) is 45.1 Å². The summed E-state index contributed by atoms with van der Waals surface area (Å²) in [5, 5.41) is 3.39. The standard InChI is InChI=1S/C15H20F2N2O2/c1-10(2)19-7-5-11(6-8-19)18-12-3-4-13-14(9-12)21-15(16,17)20-13/h3-4,9-11,18H,5-8H2,1-2H3. The Morgan fingerprint density at radius 3 is 2.52 bits per heavy atom. The number of nitrogens with zero attached hydrogens (tertiary/aromatic N) is 1. The molecular formula is C15H20F2N2O2. The van der Waals surface area contributed by atoms with Crippen molar-refractivity contribution in [3.8, 4) is 11.5 Å². The Morgan fingerprint density at radius 2 is 1.86 bits per heavy atom. The van der Waals surface area contributed by atoms with Gasteiger partial charge in [0.1, 0.15) is 0 Å². The van der Waals surface area contributed by atoms with E-state index < -0.39 is 6.29 Å². The maximum Gasteiger partial charge on any atom is 0.586 e. The van der Waals surface area contributed by atoms with E-state index in [4.69, 9.17) is 0 Å². The van der Waals surface area contributed by atoms with Crippen molar-refractivity contribution in [3.05, 3.63) is 18.2 Å². The van der Waals surface area contributed by atoms with Crippen LogP contribution in [0.15, 0.2) is 18.2 Å². The van der Waals surface area contributed by atoms with Crippen molar-refractivity contribution >= 4 is 5.69 Å². The Labute approximate surface area is 123 Å². The lowest BCUT2D eigenvalue weighted by Crippen LogP contribution is -2.42. The van der Waals surface area contributed by atoms with E-state index in [1.54, 1.807) is 12.1 Å². The van der Waals surface area contributed by atoms with Gasteiger partial charge in [-0.2, -0.15) is 0 Å². The van der Waals surface area contributed by atoms with E-state index in [1.165, 1.54) is 6.07 Å². The molecule has 0 atom stereocenters. The number of anilines is 1. The molecule has 1 N–H and O–H groups in total. The third kappa shape index (κ3) is 3.20. The predicted octanol–water partition coefficient (Wildman–Crippen LogP) is 3.29. The summed E-state index contributed by atoms with van der Waals surface area (Å²) in [7, 11) is 0. The molecule has 2 heterocycles. The smallest absolute Gasteiger partial charge is 0.395 e. The molecule has 0 bridgehead atoms. The molecule has 0 unspecified atom stereocenters. The number of hydrogen-bond acceptors (Lipinski definition) is 4. The van der Waals surface area contributed by atoms with Crippen LogP contribution < -0.4 is 14.8 Å². The van der Waals surface area contributed by atoms with Crippen molar-refractivity contribution in [1.29, 1.82) is 0 Å². The van der Waals surface area contributed by atoms with E-state index >= 15 is 0 Å². The van der Waals surface area contributed by atoms with Gasteiger partial charge in [0.05, 0.1) is 0 Å². The quantitative estimate of drug-likeness (QED) is 0.928. The second-order valence-electron chi connectivity index (χ2n) is 5.88. The molecular weight excluding hydrogens is 278 g/mol. The number of halogens is 2. The number of fused-ring (bicyclic) bond motifs is 1. The molecule has 6 heteroatoms. The molecule has 1 aromatic rings. The molecule has 3 rings (SSSR count). The lowest BCUT2D eigenvalue weighted by molar-refractivity contribution is -0.286. The Morgan fingerprint density at radius 1 is 1.19 bits per heavy atom. The zero-order valence-corrected chi connectivity index (χ0v) is 12.2. The minimum atomic E-state index is -3.55. The number of piperidine rings is 1. The van der Waals surface area contributed by atoms with Crippen molar-refractivity contribution in [3.63, 3.8) is 0 Å². The van der Waals surface area contributed by atoms with Gasteiger partial charge in [-0.25, -0.2) is 0 Å². The first kappa shape index (κ1) is 14.4. The Kier molecular flexibility index (Phi) is 3.65. The number of nitrogens with one attached hydrogen (secondary N) is 1. The van der Waals surface area contributed by atoms with Gasteiger partial charge in [0.15, 0.2) is 11.5 Å². The summed E-state index contributed by atoms with van der Waals surface area (Å²) >= 11 is 0. The van der Waals surface area contributed by atoms with E-state index in [2.05, 4.69) is 33.5 Å². The minimum absolute atomic E-state index is 0.0835. The molecule has 2 aliphatic heterocycles. The first-order chi connectivity index (χ1) is 9.93. The van der Waals surface area contributed by atoms with Gasteiger partial charge in [-0.1, -0.05) is 0 Å². The highest BCUT2D eigenvalue weighted by atomic mass is 19.3. The zero-order valence-electron chi connectivity index (χ0n) is 12.2. The van der Waals surface area contributed by atoms with Crippen LogP contribution in [0.4, 0.5) is 14.5 Å². The van der Waals surface area contributed by atoms with Crippen LogP contribution in [-0.2, 0) is 0 Å². The Hall–Kier alpha value is -1.56. The monoisotopic (exact) mass is 298 g/mol. The minimum Gasteiger partial charge on any atom is -0.395 e. The van der Waals surface area contributed by atoms with Crippen LogP contribution in [0, 0.1) is 0 Å². The summed E-state index contributed by atoms with van der Waals surface area (Å²) < 4.78 is 34.8. The van der Waals surface area contributed by atoms with Gasteiger partial charge in [0.2, 0.25) is 0 Å². The van der Waals surface area contributed by atoms with Gasteiger partial charge >= 0.3 is 6.29 Å². The van der Waals surface area contributed by atoms with Crippen molar-refractivity contribution in [2.24, 2.45) is 0 Å². The van der Waals surface area contributed by atoms with Crippen molar-refractivity contribution < 1.29 is 18.3 Å². The first-order valence-electron chi connectivity index (χ1n) is 7.33. The van der Waals surface area contributed by atoms with Crippen LogP contribution >= 0.6 is 0 Å². The first-order valence-corrected chi connectivity index (χ1v) is 7.33. The van der Waals surface area contributed by atoms with E-state index in [1.807, 2.05) is 0 Å². The maximum atomic E-state index is 13.0. The molecule has 1 saturated heterocycles. The second kappa shape index (κ2) is 5.33. The van der Waals surface area contributed by atoms with Crippen LogP contribution in [0.3, 0.4) is 0 Å². The third-order valence-electron chi connectivity index (χ3n) is 4.03. The van der Waals surface area contributed by atoms with Gasteiger partial charge in [-0.3, -0.25) is 0 Å². The summed E-state index contributed by atoms with van der Waals surface area (Å²) in [5.74, 6) is 0.171. The molecule has 116 valence electrons. The fourth-order valence-corrected chi connectivity index (χ4v) is 2.83. The molecule has 1 fully saturated rings. The normalized spacial score (nSPS) is 21.8. The second-order valence-corrected chi connectivity index (χ2v) is 5.88. The number of ether oxygens (including phenoxy) is 2. The molecule has 2 aliphatic rings. The van der Waals surface area contributed by atoms with Gasteiger partial charge < -0.3 is 19.7 Å². The Balaban J connectivity index is 1.60. The molecule has 0 saturated carbocycles. The molecule has 1 aromatic carbocycles. The molecule has 0 amide bonds.